The quantitative estimate of drug-likeness (QED) is 0.631. The summed E-state index contributed by atoms with van der Waals surface area (Å²) >= 11 is 0. The van der Waals surface area contributed by atoms with E-state index in [0.717, 1.165) is 25.3 Å². The number of hydrazine groups is 1. The molecule has 2 aliphatic rings. The molecule has 2 heterocycles. The molecule has 2 amide bonds. The lowest BCUT2D eigenvalue weighted by molar-refractivity contribution is -0.164. The molecule has 0 aromatic heterocycles. The summed E-state index contributed by atoms with van der Waals surface area (Å²) < 4.78 is 45.8. The normalized spacial score (nSPS) is 18.6. The zero-order valence-corrected chi connectivity index (χ0v) is 18.7. The van der Waals surface area contributed by atoms with Crippen LogP contribution in [-0.4, -0.2) is 78.7 Å². The molecule has 0 unspecified atom stereocenters. The molecule has 7 nitrogen and oxygen atoms in total. The highest BCUT2D eigenvalue weighted by Crippen LogP contribution is 2.18. The molecular formula is C21H30ClF3N4O3. The number of hydrogen-bond donors (Lipinski definition) is 1. The number of morpholine rings is 1. The van der Waals surface area contributed by atoms with Crippen LogP contribution in [0.15, 0.2) is 12.1 Å². The Morgan fingerprint density at radius 2 is 1.50 bits per heavy atom. The number of hydrogen-bond acceptors (Lipinski definition) is 5. The van der Waals surface area contributed by atoms with E-state index in [4.69, 9.17) is 10.5 Å². The Bertz CT molecular complexity index is 796. The molecule has 0 spiro atoms. The molecule has 11 heteroatoms. The SMILES string of the molecule is Cl.N[C@@H](CC(=O)N1CCCCCN1C(=O)CN1CCOCC1)Cc1cc(F)c(F)cc1F. The second-order valence-electron chi connectivity index (χ2n) is 8.01. The molecule has 0 radical (unpaired) electrons. The molecule has 180 valence electrons. The number of ether oxygens (including phenoxy) is 1. The molecule has 3 rings (SSSR count). The Morgan fingerprint density at radius 1 is 0.906 bits per heavy atom. The van der Waals surface area contributed by atoms with Crippen molar-refractivity contribution in [1.29, 1.82) is 0 Å². The molecule has 1 aromatic carbocycles. The van der Waals surface area contributed by atoms with Gasteiger partial charge >= 0.3 is 0 Å². The lowest BCUT2D eigenvalue weighted by atomic mass is 10.0. The van der Waals surface area contributed by atoms with Crippen molar-refractivity contribution in [2.75, 3.05) is 45.9 Å². The van der Waals surface area contributed by atoms with Crippen molar-refractivity contribution in [2.24, 2.45) is 5.73 Å². The van der Waals surface area contributed by atoms with Gasteiger partial charge in [0.15, 0.2) is 11.6 Å². The summed E-state index contributed by atoms with van der Waals surface area (Å²) in [5, 5.41) is 2.94. The summed E-state index contributed by atoms with van der Waals surface area (Å²) in [4.78, 5) is 27.9. The molecule has 2 fully saturated rings. The molecule has 32 heavy (non-hydrogen) atoms. The maximum Gasteiger partial charge on any atom is 0.255 e. The van der Waals surface area contributed by atoms with Crippen molar-refractivity contribution in [2.45, 2.75) is 38.1 Å². The summed E-state index contributed by atoms with van der Waals surface area (Å²) in [5.41, 5.74) is 5.94. The minimum Gasteiger partial charge on any atom is -0.379 e. The topological polar surface area (TPSA) is 79.1 Å². The highest BCUT2D eigenvalue weighted by atomic mass is 35.5. The van der Waals surface area contributed by atoms with E-state index in [1.807, 2.05) is 4.90 Å². The van der Waals surface area contributed by atoms with Crippen molar-refractivity contribution in [3.63, 3.8) is 0 Å². The lowest BCUT2D eigenvalue weighted by Gasteiger charge is -2.36. The molecule has 0 saturated carbocycles. The maximum absolute atomic E-state index is 13.9. The van der Waals surface area contributed by atoms with Crippen LogP contribution in [0.4, 0.5) is 13.2 Å². The molecule has 1 atom stereocenters. The first kappa shape index (κ1) is 26.4. The van der Waals surface area contributed by atoms with Crippen LogP contribution in [0.5, 0.6) is 0 Å². The molecule has 0 bridgehead atoms. The van der Waals surface area contributed by atoms with E-state index in [1.54, 1.807) is 0 Å². The molecule has 2 N–H and O–H groups in total. The third-order valence-electron chi connectivity index (χ3n) is 5.58. The van der Waals surface area contributed by atoms with Crippen LogP contribution in [0.1, 0.15) is 31.2 Å². The van der Waals surface area contributed by atoms with Gasteiger partial charge in [0.1, 0.15) is 5.82 Å². The van der Waals surface area contributed by atoms with Gasteiger partial charge < -0.3 is 10.5 Å². The van der Waals surface area contributed by atoms with Crippen molar-refractivity contribution in [3.05, 3.63) is 35.1 Å². The number of nitrogens with two attached hydrogens (primary N) is 1. The third-order valence-corrected chi connectivity index (χ3v) is 5.58. The maximum atomic E-state index is 13.9. The summed E-state index contributed by atoms with van der Waals surface area (Å²) in [5.74, 6) is -3.84. The van der Waals surface area contributed by atoms with Gasteiger partial charge in [0, 0.05) is 44.7 Å². The van der Waals surface area contributed by atoms with E-state index in [0.29, 0.717) is 45.5 Å². The summed E-state index contributed by atoms with van der Waals surface area (Å²) in [7, 11) is 0. The van der Waals surface area contributed by atoms with Crippen LogP contribution in [0.2, 0.25) is 0 Å². The fourth-order valence-corrected chi connectivity index (χ4v) is 3.90. The van der Waals surface area contributed by atoms with Gasteiger partial charge in [-0.2, -0.15) is 0 Å². The van der Waals surface area contributed by atoms with Gasteiger partial charge in [0.05, 0.1) is 19.8 Å². The van der Waals surface area contributed by atoms with Gasteiger partial charge in [-0.15, -0.1) is 12.4 Å². The number of rotatable bonds is 6. The van der Waals surface area contributed by atoms with E-state index in [9.17, 15) is 22.8 Å². The zero-order chi connectivity index (χ0) is 22.4. The van der Waals surface area contributed by atoms with Crippen LogP contribution in [0.25, 0.3) is 0 Å². The molecule has 2 aliphatic heterocycles. The molecular weight excluding hydrogens is 449 g/mol. The minimum atomic E-state index is -1.27. The standard InChI is InChI=1S/C21H29F3N4O3.ClH/c22-17-13-19(24)18(23)11-15(17)10-16(25)12-20(29)27-4-2-1-3-5-28(27)21(30)14-26-6-8-31-9-7-26;/h11,13,16H,1-10,12,14,25H2;1H/t16-;/m1./s1. The average molecular weight is 479 g/mol. The van der Waals surface area contributed by atoms with Gasteiger partial charge in [0.25, 0.3) is 5.91 Å². The summed E-state index contributed by atoms with van der Waals surface area (Å²) in [6.45, 7) is 3.54. The highest BCUT2D eigenvalue weighted by Gasteiger charge is 2.30. The highest BCUT2D eigenvalue weighted by molar-refractivity contribution is 5.85. The van der Waals surface area contributed by atoms with Crippen molar-refractivity contribution in [3.8, 4) is 0 Å². The first-order valence-electron chi connectivity index (χ1n) is 10.6. The molecule has 1 aromatic rings. The number of halogens is 4. The van der Waals surface area contributed by atoms with Gasteiger partial charge in [-0.1, -0.05) is 0 Å². The van der Waals surface area contributed by atoms with E-state index in [2.05, 4.69) is 0 Å². The number of benzene rings is 1. The fourth-order valence-electron chi connectivity index (χ4n) is 3.90. The third kappa shape index (κ3) is 7.06. The summed E-state index contributed by atoms with van der Waals surface area (Å²) in [6.07, 6.45) is 2.20. The lowest BCUT2D eigenvalue weighted by Crippen LogP contribution is -2.54. The van der Waals surface area contributed by atoms with E-state index >= 15 is 0 Å². The van der Waals surface area contributed by atoms with Crippen LogP contribution in [-0.2, 0) is 20.7 Å². The Labute approximate surface area is 192 Å². The summed E-state index contributed by atoms with van der Waals surface area (Å²) in [6, 6.07) is 0.436. The second-order valence-corrected chi connectivity index (χ2v) is 8.01. The number of nitrogens with zero attached hydrogens (tertiary/aromatic N) is 3. The van der Waals surface area contributed by atoms with Crippen LogP contribution in [0.3, 0.4) is 0 Å². The first-order valence-corrected chi connectivity index (χ1v) is 10.6. The minimum absolute atomic E-state index is 0. The predicted molar refractivity (Wildman–Crippen MR) is 114 cm³/mol. The van der Waals surface area contributed by atoms with Gasteiger partial charge in [-0.3, -0.25) is 24.5 Å². The van der Waals surface area contributed by atoms with Gasteiger partial charge in [0.2, 0.25) is 5.91 Å². The zero-order valence-electron chi connectivity index (χ0n) is 17.9. The monoisotopic (exact) mass is 478 g/mol. The smallest absolute Gasteiger partial charge is 0.255 e. The van der Waals surface area contributed by atoms with Crippen LogP contribution >= 0.6 is 12.4 Å². The van der Waals surface area contributed by atoms with E-state index in [-0.39, 0.29) is 49.2 Å². The number of carbonyl (C=O) groups is 2. The Morgan fingerprint density at radius 3 is 2.16 bits per heavy atom. The van der Waals surface area contributed by atoms with E-state index < -0.39 is 23.5 Å². The predicted octanol–water partition coefficient (Wildman–Crippen LogP) is 1.87. The number of carbonyl (C=O) groups excluding carboxylic acids is 2. The largest absolute Gasteiger partial charge is 0.379 e. The first-order chi connectivity index (χ1) is 14.8. The van der Waals surface area contributed by atoms with E-state index in [1.165, 1.54) is 10.0 Å². The van der Waals surface area contributed by atoms with Crippen molar-refractivity contribution >= 4 is 24.2 Å². The average Bonchev–Trinajstić information content (AvgIpc) is 2.99. The van der Waals surface area contributed by atoms with Gasteiger partial charge in [-0.25, -0.2) is 13.2 Å². The van der Waals surface area contributed by atoms with Crippen LogP contribution < -0.4 is 5.73 Å². The molecule has 2 saturated heterocycles. The molecule has 0 aliphatic carbocycles. The Kier molecular flexibility index (Phi) is 10.2. The Hall–Kier alpha value is -1.88. The van der Waals surface area contributed by atoms with Gasteiger partial charge in [-0.05, 0) is 37.3 Å². The number of amides is 2. The Balaban J connectivity index is 0.00000363. The van der Waals surface area contributed by atoms with Crippen LogP contribution in [0, 0.1) is 17.5 Å². The fraction of sp³-hybridized carbons (Fsp3) is 0.619. The van der Waals surface area contributed by atoms with Crippen molar-refractivity contribution < 1.29 is 27.5 Å². The van der Waals surface area contributed by atoms with Crippen molar-refractivity contribution in [1.82, 2.24) is 14.9 Å². The second kappa shape index (κ2) is 12.4.